The van der Waals surface area contributed by atoms with Crippen molar-refractivity contribution in [1.82, 2.24) is 4.98 Å². The fourth-order valence-electron chi connectivity index (χ4n) is 1.57. The van der Waals surface area contributed by atoms with E-state index in [4.69, 9.17) is 10.5 Å². The summed E-state index contributed by atoms with van der Waals surface area (Å²) in [7, 11) is 0. The number of carbonyl (C=O) groups is 1. The average molecular weight is 204 g/mol. The molecule has 0 unspecified atom stereocenters. The predicted octanol–water partition coefficient (Wildman–Crippen LogP) is 1.93. The number of H-pyrrole nitrogens is 1. The molecule has 4 nitrogen and oxygen atoms in total. The molecule has 15 heavy (non-hydrogen) atoms. The van der Waals surface area contributed by atoms with Gasteiger partial charge in [-0.05, 0) is 19.1 Å². The molecule has 1 aromatic carbocycles. The Bertz CT molecular complexity index is 502. The summed E-state index contributed by atoms with van der Waals surface area (Å²) in [6, 6.07) is 5.46. The first-order valence-corrected chi connectivity index (χ1v) is 4.76. The monoisotopic (exact) mass is 204 g/mol. The third-order valence-corrected chi connectivity index (χ3v) is 2.24. The first kappa shape index (κ1) is 9.58. The average Bonchev–Trinajstić information content (AvgIpc) is 2.65. The van der Waals surface area contributed by atoms with Gasteiger partial charge < -0.3 is 15.5 Å². The smallest absolute Gasteiger partial charge is 0.342 e. The lowest BCUT2D eigenvalue weighted by molar-refractivity contribution is 0.0529. The van der Waals surface area contributed by atoms with Crippen molar-refractivity contribution in [3.63, 3.8) is 0 Å². The van der Waals surface area contributed by atoms with Crippen LogP contribution in [-0.4, -0.2) is 17.6 Å². The number of anilines is 1. The Labute approximate surface area is 87.0 Å². The highest BCUT2D eigenvalue weighted by Crippen LogP contribution is 2.23. The third kappa shape index (κ3) is 1.54. The molecule has 3 N–H and O–H groups in total. The van der Waals surface area contributed by atoms with Gasteiger partial charge in [0, 0.05) is 17.3 Å². The van der Waals surface area contributed by atoms with Crippen molar-refractivity contribution in [2.45, 2.75) is 6.92 Å². The number of benzene rings is 1. The van der Waals surface area contributed by atoms with E-state index in [9.17, 15) is 4.79 Å². The molecule has 0 saturated heterocycles. The molecular formula is C11H12N2O2. The van der Waals surface area contributed by atoms with E-state index in [1.165, 1.54) is 0 Å². The normalized spacial score (nSPS) is 10.5. The molecule has 0 spiro atoms. The number of ether oxygens (including phenoxy) is 1. The first-order valence-electron chi connectivity index (χ1n) is 4.76. The Hall–Kier alpha value is -1.97. The highest BCUT2D eigenvalue weighted by molar-refractivity contribution is 6.07. The van der Waals surface area contributed by atoms with Gasteiger partial charge in [0.15, 0.2) is 0 Å². The second kappa shape index (κ2) is 3.65. The second-order valence-corrected chi connectivity index (χ2v) is 3.19. The first-order chi connectivity index (χ1) is 7.24. The Morgan fingerprint density at radius 3 is 3.00 bits per heavy atom. The van der Waals surface area contributed by atoms with Crippen LogP contribution in [0.25, 0.3) is 10.9 Å². The standard InChI is InChI=1S/C11H12N2O2/c1-2-15-11(14)9-8(12)4-3-7-5-6-13-10(7)9/h3-6,13H,2,12H2,1H3. The molecule has 1 aromatic heterocycles. The zero-order chi connectivity index (χ0) is 10.8. The minimum atomic E-state index is -0.386. The van der Waals surface area contributed by atoms with Crippen LogP contribution < -0.4 is 5.73 Å². The number of carbonyl (C=O) groups excluding carboxylic acids is 1. The number of esters is 1. The molecule has 1 heterocycles. The second-order valence-electron chi connectivity index (χ2n) is 3.19. The minimum Gasteiger partial charge on any atom is -0.462 e. The zero-order valence-corrected chi connectivity index (χ0v) is 8.41. The van der Waals surface area contributed by atoms with Gasteiger partial charge >= 0.3 is 5.97 Å². The molecule has 2 aromatic rings. The lowest BCUT2D eigenvalue weighted by atomic mass is 10.1. The van der Waals surface area contributed by atoms with Crippen LogP contribution in [-0.2, 0) is 4.74 Å². The maximum Gasteiger partial charge on any atom is 0.342 e. The van der Waals surface area contributed by atoms with Crippen LogP contribution in [0.3, 0.4) is 0 Å². The van der Waals surface area contributed by atoms with Crippen LogP contribution in [0.4, 0.5) is 5.69 Å². The Balaban J connectivity index is 2.61. The lowest BCUT2D eigenvalue weighted by Crippen LogP contribution is -2.08. The Morgan fingerprint density at radius 1 is 1.47 bits per heavy atom. The van der Waals surface area contributed by atoms with Crippen molar-refractivity contribution in [3.8, 4) is 0 Å². The molecule has 78 valence electrons. The van der Waals surface area contributed by atoms with Gasteiger partial charge in [-0.3, -0.25) is 0 Å². The third-order valence-electron chi connectivity index (χ3n) is 2.24. The molecular weight excluding hydrogens is 192 g/mol. The summed E-state index contributed by atoms with van der Waals surface area (Å²) in [5.74, 6) is -0.386. The van der Waals surface area contributed by atoms with Crippen molar-refractivity contribution in [3.05, 3.63) is 30.0 Å². The number of hydrogen-bond donors (Lipinski definition) is 2. The molecule has 0 fully saturated rings. The van der Waals surface area contributed by atoms with E-state index < -0.39 is 0 Å². The summed E-state index contributed by atoms with van der Waals surface area (Å²) in [5, 5.41) is 0.951. The van der Waals surface area contributed by atoms with Crippen molar-refractivity contribution >= 4 is 22.6 Å². The number of nitrogens with one attached hydrogen (secondary N) is 1. The molecule has 4 heteroatoms. The Morgan fingerprint density at radius 2 is 2.27 bits per heavy atom. The van der Waals surface area contributed by atoms with E-state index in [1.54, 1.807) is 19.2 Å². The number of rotatable bonds is 2. The summed E-state index contributed by atoms with van der Waals surface area (Å²) in [6.07, 6.45) is 1.77. The number of aromatic amines is 1. The molecule has 0 saturated carbocycles. The van der Waals surface area contributed by atoms with Crippen molar-refractivity contribution in [2.75, 3.05) is 12.3 Å². The number of nitrogen functional groups attached to an aromatic ring is 1. The minimum absolute atomic E-state index is 0.343. The zero-order valence-electron chi connectivity index (χ0n) is 8.41. The number of fused-ring (bicyclic) bond motifs is 1. The highest BCUT2D eigenvalue weighted by Gasteiger charge is 2.15. The maximum absolute atomic E-state index is 11.7. The van der Waals surface area contributed by atoms with E-state index in [0.29, 0.717) is 17.9 Å². The molecule has 0 atom stereocenters. The maximum atomic E-state index is 11.7. The molecule has 0 radical (unpaired) electrons. The van der Waals surface area contributed by atoms with E-state index >= 15 is 0 Å². The summed E-state index contributed by atoms with van der Waals surface area (Å²) in [5.41, 5.74) is 7.34. The van der Waals surface area contributed by atoms with Crippen LogP contribution in [0.15, 0.2) is 24.4 Å². The van der Waals surface area contributed by atoms with Crippen LogP contribution in [0, 0.1) is 0 Å². The lowest BCUT2D eigenvalue weighted by Gasteiger charge is -2.06. The van der Waals surface area contributed by atoms with Crippen molar-refractivity contribution in [2.24, 2.45) is 0 Å². The molecule has 0 aliphatic rings. The van der Waals surface area contributed by atoms with Gasteiger partial charge in [-0.25, -0.2) is 4.79 Å². The van der Waals surface area contributed by atoms with Crippen LogP contribution in [0.1, 0.15) is 17.3 Å². The number of nitrogens with two attached hydrogens (primary N) is 1. The summed E-state index contributed by atoms with van der Waals surface area (Å²) in [6.45, 7) is 2.11. The molecule has 0 aliphatic carbocycles. The van der Waals surface area contributed by atoms with Gasteiger partial charge in [-0.15, -0.1) is 0 Å². The number of hydrogen-bond acceptors (Lipinski definition) is 3. The van der Waals surface area contributed by atoms with Gasteiger partial charge in [0.05, 0.1) is 12.1 Å². The van der Waals surface area contributed by atoms with E-state index in [0.717, 1.165) is 10.9 Å². The highest BCUT2D eigenvalue weighted by atomic mass is 16.5. The molecule has 0 amide bonds. The number of aromatic nitrogens is 1. The molecule has 2 rings (SSSR count). The van der Waals surface area contributed by atoms with Gasteiger partial charge in [0.25, 0.3) is 0 Å². The van der Waals surface area contributed by atoms with Crippen LogP contribution in [0.2, 0.25) is 0 Å². The quantitative estimate of drug-likeness (QED) is 0.580. The predicted molar refractivity (Wildman–Crippen MR) is 58.7 cm³/mol. The molecule has 0 aliphatic heterocycles. The van der Waals surface area contributed by atoms with E-state index in [1.807, 2.05) is 12.1 Å². The van der Waals surface area contributed by atoms with Gasteiger partial charge in [0.1, 0.15) is 5.56 Å². The fourth-order valence-corrected chi connectivity index (χ4v) is 1.57. The van der Waals surface area contributed by atoms with E-state index in [2.05, 4.69) is 4.98 Å². The topological polar surface area (TPSA) is 68.1 Å². The van der Waals surface area contributed by atoms with Crippen LogP contribution in [0.5, 0.6) is 0 Å². The van der Waals surface area contributed by atoms with Gasteiger partial charge in [0.2, 0.25) is 0 Å². The molecule has 0 bridgehead atoms. The Kier molecular flexibility index (Phi) is 2.33. The fraction of sp³-hybridized carbons (Fsp3) is 0.182. The summed E-state index contributed by atoms with van der Waals surface area (Å²) in [4.78, 5) is 14.6. The van der Waals surface area contributed by atoms with Crippen LogP contribution >= 0.6 is 0 Å². The summed E-state index contributed by atoms with van der Waals surface area (Å²) < 4.78 is 4.95. The largest absolute Gasteiger partial charge is 0.462 e. The van der Waals surface area contributed by atoms with Crippen molar-refractivity contribution in [1.29, 1.82) is 0 Å². The van der Waals surface area contributed by atoms with Crippen molar-refractivity contribution < 1.29 is 9.53 Å². The summed E-state index contributed by atoms with van der Waals surface area (Å²) >= 11 is 0. The van der Waals surface area contributed by atoms with Gasteiger partial charge in [-0.1, -0.05) is 6.07 Å². The van der Waals surface area contributed by atoms with Gasteiger partial charge in [-0.2, -0.15) is 0 Å². The van der Waals surface area contributed by atoms with E-state index in [-0.39, 0.29) is 5.97 Å². The SMILES string of the molecule is CCOC(=O)c1c(N)ccc2cc[nH]c12.